The van der Waals surface area contributed by atoms with Crippen LogP contribution in [0.5, 0.6) is 0 Å². The number of rotatable bonds is 3. The number of nitrogens with two attached hydrogens (primary N) is 1. The van der Waals surface area contributed by atoms with Gasteiger partial charge in [-0.1, -0.05) is 0 Å². The number of aliphatic hydroxyl groups excluding tert-OH is 1. The van der Waals surface area contributed by atoms with Gasteiger partial charge in [0.15, 0.2) is 6.23 Å². The van der Waals surface area contributed by atoms with E-state index in [1.165, 1.54) is 16.6 Å². The molecule has 1 aromatic rings. The highest BCUT2D eigenvalue weighted by Crippen LogP contribution is 2.30. The van der Waals surface area contributed by atoms with Crippen LogP contribution in [0.2, 0.25) is 0 Å². The summed E-state index contributed by atoms with van der Waals surface area (Å²) in [6.07, 6.45) is -0.409. The van der Waals surface area contributed by atoms with Crippen molar-refractivity contribution in [1.82, 2.24) is 20.2 Å². The summed E-state index contributed by atoms with van der Waals surface area (Å²) in [5, 5.41) is 19.7. The Hall–Kier alpha value is -1.19. The molecule has 0 aliphatic carbocycles. The molecule has 0 radical (unpaired) electrons. The van der Waals surface area contributed by atoms with Crippen molar-refractivity contribution in [3.63, 3.8) is 0 Å². The van der Waals surface area contributed by atoms with Gasteiger partial charge in [0.1, 0.15) is 5.44 Å². The third-order valence-electron chi connectivity index (χ3n) is 1.79. The lowest BCUT2D eigenvalue weighted by atomic mass is 10.6. The van der Waals surface area contributed by atoms with E-state index in [2.05, 4.69) is 15.4 Å². The summed E-state index contributed by atoms with van der Waals surface area (Å²) in [7, 11) is 0. The summed E-state index contributed by atoms with van der Waals surface area (Å²) in [6, 6.07) is 0. The first-order valence-electron chi connectivity index (χ1n) is 4.18. The van der Waals surface area contributed by atoms with E-state index in [-0.39, 0.29) is 17.9 Å². The number of carbonyl (C=O) groups excluding carboxylic acids is 1. The van der Waals surface area contributed by atoms with E-state index in [1.54, 1.807) is 0 Å². The molecule has 0 bridgehead atoms. The number of hydrogen-bond donors (Lipinski definition) is 2. The van der Waals surface area contributed by atoms with Gasteiger partial charge in [0, 0.05) is 5.75 Å². The topological polar surface area (TPSA) is 116 Å². The monoisotopic (exact) mass is 231 g/mol. The highest BCUT2D eigenvalue weighted by molar-refractivity contribution is 8.00. The normalized spacial score (nSPS) is 25.7. The van der Waals surface area contributed by atoms with Gasteiger partial charge < -0.3 is 15.6 Å². The molecule has 1 aliphatic rings. The summed E-state index contributed by atoms with van der Waals surface area (Å²) in [5.41, 5.74) is 4.70. The molecule has 0 saturated carbocycles. The number of tetrazole rings is 1. The van der Waals surface area contributed by atoms with Crippen LogP contribution in [0.15, 0.2) is 0 Å². The average molecular weight is 231 g/mol. The van der Waals surface area contributed by atoms with Crippen molar-refractivity contribution in [2.45, 2.75) is 11.7 Å². The van der Waals surface area contributed by atoms with Gasteiger partial charge in [-0.2, -0.15) is 0 Å². The van der Waals surface area contributed by atoms with Gasteiger partial charge >= 0.3 is 0 Å². The number of nitrogens with zero attached hydrogens (tertiary/aromatic N) is 4. The smallest absolute Gasteiger partial charge is 0.290 e. The van der Waals surface area contributed by atoms with Crippen molar-refractivity contribution in [1.29, 1.82) is 0 Å². The predicted molar refractivity (Wildman–Crippen MR) is 49.8 cm³/mol. The molecule has 2 atom stereocenters. The molecule has 0 aromatic carbocycles. The molecule has 8 nitrogen and oxygen atoms in total. The summed E-state index contributed by atoms with van der Waals surface area (Å²) in [4.78, 5) is 11.9. The highest BCUT2D eigenvalue weighted by Gasteiger charge is 2.28. The SMILES string of the molecule is NC(=O)c1nnn([C@H]2CS[C@@H](CO)O2)n1. The van der Waals surface area contributed by atoms with E-state index >= 15 is 0 Å². The molecule has 82 valence electrons. The van der Waals surface area contributed by atoms with Crippen molar-refractivity contribution < 1.29 is 14.6 Å². The van der Waals surface area contributed by atoms with Gasteiger partial charge in [-0.3, -0.25) is 4.79 Å². The van der Waals surface area contributed by atoms with Gasteiger partial charge in [0.25, 0.3) is 11.7 Å². The Kier molecular flexibility index (Phi) is 2.84. The third kappa shape index (κ3) is 2.08. The minimum absolute atomic E-state index is 0.0709. The Balaban J connectivity index is 2.07. The zero-order valence-corrected chi connectivity index (χ0v) is 8.42. The number of aromatic nitrogens is 4. The quantitative estimate of drug-likeness (QED) is 0.640. The van der Waals surface area contributed by atoms with Crippen molar-refractivity contribution in [2.75, 3.05) is 12.4 Å². The maximum atomic E-state index is 10.7. The molecule has 1 saturated heterocycles. The maximum Gasteiger partial charge on any atom is 0.290 e. The Labute approximate surface area is 88.8 Å². The van der Waals surface area contributed by atoms with E-state index in [0.29, 0.717) is 5.75 Å². The highest BCUT2D eigenvalue weighted by atomic mass is 32.2. The minimum Gasteiger partial charge on any atom is -0.393 e. The molecule has 2 heterocycles. The zero-order valence-electron chi connectivity index (χ0n) is 7.61. The fraction of sp³-hybridized carbons (Fsp3) is 0.667. The summed E-state index contributed by atoms with van der Waals surface area (Å²) in [5.74, 6) is -0.276. The van der Waals surface area contributed by atoms with Crippen LogP contribution in [0.3, 0.4) is 0 Å². The van der Waals surface area contributed by atoms with Crippen LogP contribution in [-0.2, 0) is 4.74 Å². The second kappa shape index (κ2) is 4.13. The number of carbonyl (C=O) groups is 1. The molecular formula is C6H9N5O3S. The van der Waals surface area contributed by atoms with Crippen molar-refractivity contribution in [3.8, 4) is 0 Å². The Morgan fingerprint density at radius 1 is 1.80 bits per heavy atom. The van der Waals surface area contributed by atoms with Crippen molar-refractivity contribution in [2.24, 2.45) is 5.73 Å². The molecular weight excluding hydrogens is 222 g/mol. The second-order valence-corrected chi connectivity index (χ2v) is 4.03. The van der Waals surface area contributed by atoms with Crippen LogP contribution >= 0.6 is 11.8 Å². The number of hydrogen-bond acceptors (Lipinski definition) is 7. The first kappa shape index (κ1) is 10.3. The molecule has 9 heteroatoms. The van der Waals surface area contributed by atoms with E-state index in [1.807, 2.05) is 0 Å². The van der Waals surface area contributed by atoms with E-state index in [4.69, 9.17) is 15.6 Å². The summed E-state index contributed by atoms with van der Waals surface area (Å²) in [6.45, 7) is -0.0709. The van der Waals surface area contributed by atoms with Crippen LogP contribution in [0.1, 0.15) is 16.8 Å². The molecule has 3 N–H and O–H groups in total. The standard InChI is InChI=1S/C6H9N5O3S/c7-5(13)6-8-10-11(9-6)3-2-15-4(1-12)14-3/h3-4,12H,1-2H2,(H2,7,13)/t3-,4+/m1/s1. The predicted octanol–water partition coefficient (Wildman–Crippen LogP) is -1.65. The number of amides is 1. The van der Waals surface area contributed by atoms with Gasteiger partial charge in [0.05, 0.1) is 6.61 Å². The van der Waals surface area contributed by atoms with E-state index in [9.17, 15) is 4.79 Å². The van der Waals surface area contributed by atoms with Gasteiger partial charge in [-0.15, -0.1) is 26.8 Å². The molecule has 1 aliphatic heterocycles. The lowest BCUT2D eigenvalue weighted by molar-refractivity contribution is -0.0191. The Bertz CT molecular complexity index is 369. The molecule has 0 unspecified atom stereocenters. The fourth-order valence-electron chi connectivity index (χ4n) is 1.11. The lowest BCUT2D eigenvalue weighted by Gasteiger charge is -2.08. The molecule has 1 fully saturated rings. The summed E-state index contributed by atoms with van der Waals surface area (Å²) < 4.78 is 5.35. The second-order valence-electron chi connectivity index (χ2n) is 2.83. The first-order valence-corrected chi connectivity index (χ1v) is 5.23. The summed E-state index contributed by atoms with van der Waals surface area (Å²) >= 11 is 1.45. The van der Waals surface area contributed by atoms with E-state index in [0.717, 1.165) is 0 Å². The van der Waals surface area contributed by atoms with Crippen molar-refractivity contribution in [3.05, 3.63) is 5.82 Å². The van der Waals surface area contributed by atoms with Crippen LogP contribution in [0.4, 0.5) is 0 Å². The van der Waals surface area contributed by atoms with Crippen LogP contribution < -0.4 is 5.73 Å². The molecule has 1 amide bonds. The molecule has 0 spiro atoms. The third-order valence-corrected chi connectivity index (χ3v) is 2.90. The molecule has 2 rings (SSSR count). The van der Waals surface area contributed by atoms with Crippen molar-refractivity contribution >= 4 is 17.7 Å². The number of primary amides is 1. The van der Waals surface area contributed by atoms with Gasteiger partial charge in [0.2, 0.25) is 0 Å². The van der Waals surface area contributed by atoms with Crippen LogP contribution in [-0.4, -0.2) is 49.0 Å². The van der Waals surface area contributed by atoms with E-state index < -0.39 is 12.1 Å². The first-order chi connectivity index (χ1) is 7.20. The zero-order chi connectivity index (χ0) is 10.8. The Morgan fingerprint density at radius 3 is 3.13 bits per heavy atom. The van der Waals surface area contributed by atoms with Crippen LogP contribution in [0, 0.1) is 0 Å². The lowest BCUT2D eigenvalue weighted by Crippen LogP contribution is -2.18. The largest absolute Gasteiger partial charge is 0.393 e. The maximum absolute atomic E-state index is 10.7. The minimum atomic E-state index is -0.731. The van der Waals surface area contributed by atoms with Gasteiger partial charge in [-0.25, -0.2) is 0 Å². The van der Waals surface area contributed by atoms with Gasteiger partial charge in [-0.05, 0) is 5.21 Å². The number of thioether (sulfide) groups is 1. The fourth-order valence-corrected chi connectivity index (χ4v) is 2.01. The average Bonchev–Trinajstić information content (AvgIpc) is 2.86. The number of aliphatic hydroxyl groups is 1. The molecule has 15 heavy (non-hydrogen) atoms. The Morgan fingerprint density at radius 2 is 2.60 bits per heavy atom. The molecule has 1 aromatic heterocycles. The number of ether oxygens (including phenoxy) is 1. The van der Waals surface area contributed by atoms with Crippen LogP contribution in [0.25, 0.3) is 0 Å².